The third-order valence-electron chi connectivity index (χ3n) is 5.32. The quantitative estimate of drug-likeness (QED) is 0.199. The van der Waals surface area contributed by atoms with Gasteiger partial charge in [0.25, 0.3) is 0 Å². The number of aliphatic imine (C=N–C) groups is 1. The smallest absolute Gasteiger partial charge is 0.191 e. The molecule has 2 N–H and O–H groups in total. The summed E-state index contributed by atoms with van der Waals surface area (Å²) in [7, 11) is 1.85. The molecule has 0 aromatic rings. The summed E-state index contributed by atoms with van der Waals surface area (Å²) in [5, 5.41) is 6.89. The topological polar surface area (TPSA) is 46.1 Å². The highest BCUT2D eigenvalue weighted by Gasteiger charge is 2.14. The Kier molecular flexibility index (Phi) is 15.7. The summed E-state index contributed by atoms with van der Waals surface area (Å²) in [6, 6.07) is 1.15. The molecule has 0 aromatic heterocycles. The van der Waals surface area contributed by atoms with E-state index in [2.05, 4.69) is 64.9 Å². The van der Waals surface area contributed by atoms with E-state index in [0.717, 1.165) is 25.6 Å². The van der Waals surface area contributed by atoms with Crippen molar-refractivity contribution in [1.82, 2.24) is 25.3 Å². The van der Waals surface area contributed by atoms with Gasteiger partial charge in [-0.05, 0) is 53.6 Å². The van der Waals surface area contributed by atoms with Gasteiger partial charge in [0.1, 0.15) is 0 Å². The first-order valence-electron chi connectivity index (χ1n) is 10.6. The fourth-order valence-electron chi connectivity index (χ4n) is 3.63. The lowest BCUT2D eigenvalue weighted by Gasteiger charge is -2.34. The second kappa shape index (κ2) is 15.8. The highest BCUT2D eigenvalue weighted by Crippen LogP contribution is 2.04. The summed E-state index contributed by atoms with van der Waals surface area (Å²) >= 11 is 0. The second-order valence-corrected chi connectivity index (χ2v) is 7.83. The first-order chi connectivity index (χ1) is 12.5. The first kappa shape index (κ1) is 26.9. The lowest BCUT2D eigenvalue weighted by Crippen LogP contribution is -2.46. The summed E-state index contributed by atoms with van der Waals surface area (Å²) in [6.07, 6.45) is 2.45. The summed E-state index contributed by atoms with van der Waals surface area (Å²) in [4.78, 5) is 12.0. The van der Waals surface area contributed by atoms with Crippen LogP contribution in [0.1, 0.15) is 47.5 Å². The van der Waals surface area contributed by atoms with Crippen molar-refractivity contribution < 1.29 is 0 Å². The fraction of sp³-hybridized carbons (Fsp3) is 0.950. The van der Waals surface area contributed by atoms with Crippen molar-refractivity contribution in [2.24, 2.45) is 4.99 Å². The molecule has 0 amide bonds. The van der Waals surface area contributed by atoms with E-state index < -0.39 is 0 Å². The summed E-state index contributed by atoms with van der Waals surface area (Å²) < 4.78 is 0. The van der Waals surface area contributed by atoms with Crippen molar-refractivity contribution in [3.05, 3.63) is 0 Å². The van der Waals surface area contributed by atoms with Crippen LogP contribution in [0.15, 0.2) is 4.99 Å². The summed E-state index contributed by atoms with van der Waals surface area (Å²) in [5.74, 6) is 0.925. The molecule has 1 fully saturated rings. The molecule has 0 unspecified atom stereocenters. The van der Waals surface area contributed by atoms with Crippen LogP contribution in [0.2, 0.25) is 0 Å². The molecule has 0 radical (unpaired) electrons. The van der Waals surface area contributed by atoms with Crippen molar-refractivity contribution in [2.45, 2.75) is 59.5 Å². The zero-order valence-corrected chi connectivity index (χ0v) is 21.0. The van der Waals surface area contributed by atoms with Gasteiger partial charge >= 0.3 is 0 Å². The number of likely N-dealkylation sites (N-methyl/N-ethyl adjacent to an activating group) is 1. The SMILES string of the molecule is CCN1CCN(CCCCNC(=NC)NCCN(C(C)C)C(C)C)CC1.I. The molecule has 0 aliphatic carbocycles. The predicted molar refractivity (Wildman–Crippen MR) is 130 cm³/mol. The van der Waals surface area contributed by atoms with Gasteiger partial charge in [0.2, 0.25) is 0 Å². The number of rotatable bonds is 11. The van der Waals surface area contributed by atoms with Crippen molar-refractivity contribution in [3.8, 4) is 0 Å². The van der Waals surface area contributed by atoms with Crippen LogP contribution in [-0.4, -0.2) is 98.7 Å². The highest BCUT2D eigenvalue weighted by atomic mass is 127. The van der Waals surface area contributed by atoms with Crippen molar-refractivity contribution in [2.75, 3.05) is 66.0 Å². The summed E-state index contributed by atoms with van der Waals surface area (Å²) in [5.41, 5.74) is 0. The molecular weight excluding hydrogens is 451 g/mol. The van der Waals surface area contributed by atoms with E-state index in [4.69, 9.17) is 0 Å². The van der Waals surface area contributed by atoms with Gasteiger partial charge in [-0.15, -0.1) is 24.0 Å². The largest absolute Gasteiger partial charge is 0.356 e. The number of nitrogens with zero attached hydrogens (tertiary/aromatic N) is 4. The van der Waals surface area contributed by atoms with Crippen LogP contribution in [0.4, 0.5) is 0 Å². The predicted octanol–water partition coefficient (Wildman–Crippen LogP) is 2.31. The molecule has 1 heterocycles. The van der Waals surface area contributed by atoms with Crippen LogP contribution in [0.25, 0.3) is 0 Å². The third kappa shape index (κ3) is 11.5. The molecule has 27 heavy (non-hydrogen) atoms. The van der Waals surface area contributed by atoms with Gasteiger partial charge in [-0.3, -0.25) is 9.89 Å². The molecule has 0 saturated carbocycles. The molecular formula is C20H45IN6. The van der Waals surface area contributed by atoms with Gasteiger partial charge in [-0.1, -0.05) is 6.92 Å². The van der Waals surface area contributed by atoms with E-state index in [1.54, 1.807) is 0 Å². The number of hydrogen-bond donors (Lipinski definition) is 2. The van der Waals surface area contributed by atoms with Crippen LogP contribution in [-0.2, 0) is 0 Å². The van der Waals surface area contributed by atoms with Gasteiger partial charge in [-0.2, -0.15) is 0 Å². The Hall–Kier alpha value is -0.120. The number of nitrogens with one attached hydrogen (secondary N) is 2. The lowest BCUT2D eigenvalue weighted by molar-refractivity contribution is 0.136. The number of halogens is 1. The second-order valence-electron chi connectivity index (χ2n) is 7.83. The van der Waals surface area contributed by atoms with E-state index in [0.29, 0.717) is 12.1 Å². The van der Waals surface area contributed by atoms with Crippen LogP contribution < -0.4 is 10.6 Å². The Balaban J connectivity index is 0.00000676. The third-order valence-corrected chi connectivity index (χ3v) is 5.32. The van der Waals surface area contributed by atoms with E-state index in [9.17, 15) is 0 Å². The Labute approximate surface area is 185 Å². The lowest BCUT2D eigenvalue weighted by atomic mass is 10.2. The van der Waals surface area contributed by atoms with Gasteiger partial charge in [-0.25, -0.2) is 0 Å². The molecule has 0 aromatic carbocycles. The van der Waals surface area contributed by atoms with Gasteiger partial charge in [0.15, 0.2) is 5.96 Å². The highest BCUT2D eigenvalue weighted by molar-refractivity contribution is 14.0. The molecule has 1 aliphatic rings. The average Bonchev–Trinajstić information content (AvgIpc) is 2.63. The van der Waals surface area contributed by atoms with E-state index >= 15 is 0 Å². The fourth-order valence-corrected chi connectivity index (χ4v) is 3.63. The van der Waals surface area contributed by atoms with Crippen LogP contribution >= 0.6 is 24.0 Å². The minimum Gasteiger partial charge on any atom is -0.356 e. The number of guanidine groups is 1. The Morgan fingerprint density at radius 2 is 1.48 bits per heavy atom. The zero-order chi connectivity index (χ0) is 19.4. The maximum absolute atomic E-state index is 4.34. The van der Waals surface area contributed by atoms with Crippen LogP contribution in [0, 0.1) is 0 Å². The van der Waals surface area contributed by atoms with Crippen molar-refractivity contribution >= 4 is 29.9 Å². The Bertz CT molecular complexity index is 373. The Morgan fingerprint density at radius 3 is 2.00 bits per heavy atom. The van der Waals surface area contributed by atoms with Crippen LogP contribution in [0.3, 0.4) is 0 Å². The van der Waals surface area contributed by atoms with Gasteiger partial charge in [0, 0.05) is 64.9 Å². The summed E-state index contributed by atoms with van der Waals surface area (Å²) in [6.45, 7) is 21.6. The molecule has 0 atom stereocenters. The zero-order valence-electron chi connectivity index (χ0n) is 18.6. The molecule has 6 nitrogen and oxygen atoms in total. The first-order valence-corrected chi connectivity index (χ1v) is 10.6. The van der Waals surface area contributed by atoms with E-state index in [1.807, 2.05) is 7.05 Å². The minimum absolute atomic E-state index is 0. The van der Waals surface area contributed by atoms with Crippen LogP contribution in [0.5, 0.6) is 0 Å². The maximum atomic E-state index is 4.34. The minimum atomic E-state index is 0. The normalized spacial score (nSPS) is 16.9. The Morgan fingerprint density at radius 1 is 0.926 bits per heavy atom. The average molecular weight is 497 g/mol. The van der Waals surface area contributed by atoms with E-state index in [1.165, 1.54) is 52.1 Å². The number of unbranched alkanes of at least 4 members (excludes halogenated alkanes) is 1. The molecule has 7 heteroatoms. The number of hydrogen-bond acceptors (Lipinski definition) is 4. The standard InChI is InChI=1S/C20H44N6.HI/c1-7-24-14-16-25(17-15-24)12-9-8-10-22-20(21-6)23-11-13-26(18(2)3)19(4)5;/h18-19H,7-17H2,1-6H3,(H2,21,22,23);1H. The molecule has 1 saturated heterocycles. The maximum Gasteiger partial charge on any atom is 0.191 e. The van der Waals surface area contributed by atoms with E-state index in [-0.39, 0.29) is 24.0 Å². The molecule has 0 bridgehead atoms. The van der Waals surface area contributed by atoms with Gasteiger partial charge < -0.3 is 20.4 Å². The molecule has 1 aliphatic heterocycles. The molecule has 162 valence electrons. The van der Waals surface area contributed by atoms with Crippen molar-refractivity contribution in [3.63, 3.8) is 0 Å². The number of piperazine rings is 1. The monoisotopic (exact) mass is 496 g/mol. The van der Waals surface area contributed by atoms with Crippen molar-refractivity contribution in [1.29, 1.82) is 0 Å². The van der Waals surface area contributed by atoms with Gasteiger partial charge in [0.05, 0.1) is 0 Å². The molecule has 0 spiro atoms. The molecule has 1 rings (SSSR count).